The zero-order chi connectivity index (χ0) is 17.8. The lowest BCUT2D eigenvalue weighted by Crippen LogP contribution is -2.46. The van der Waals surface area contributed by atoms with E-state index in [0.717, 1.165) is 23.7 Å². The first kappa shape index (κ1) is 16.3. The molecule has 0 saturated heterocycles. The van der Waals surface area contributed by atoms with E-state index in [2.05, 4.69) is 51.2 Å². The Morgan fingerprint density at radius 2 is 2.00 bits per heavy atom. The predicted octanol–water partition coefficient (Wildman–Crippen LogP) is 5.27. The lowest BCUT2D eigenvalue weighted by atomic mass is 9.65. The number of methoxy groups -OCH3 is 1. The van der Waals surface area contributed by atoms with Crippen LogP contribution in [0.5, 0.6) is 11.5 Å². The lowest BCUT2D eigenvalue weighted by molar-refractivity contribution is 0.133. The van der Waals surface area contributed by atoms with Gasteiger partial charge in [0.15, 0.2) is 0 Å². The van der Waals surface area contributed by atoms with Gasteiger partial charge in [-0.05, 0) is 35.2 Å². The van der Waals surface area contributed by atoms with Crippen LogP contribution in [0.2, 0.25) is 0 Å². The van der Waals surface area contributed by atoms with Crippen LogP contribution in [0.3, 0.4) is 0 Å². The van der Waals surface area contributed by atoms with E-state index >= 15 is 0 Å². The summed E-state index contributed by atoms with van der Waals surface area (Å²) < 4.78 is 11.8. The van der Waals surface area contributed by atoms with Gasteiger partial charge in [-0.15, -0.1) is 0 Å². The van der Waals surface area contributed by atoms with Crippen molar-refractivity contribution >= 4 is 5.69 Å². The van der Waals surface area contributed by atoms with E-state index in [9.17, 15) is 0 Å². The van der Waals surface area contributed by atoms with Gasteiger partial charge in [-0.3, -0.25) is 0 Å². The Morgan fingerprint density at radius 1 is 1.20 bits per heavy atom. The zero-order valence-corrected chi connectivity index (χ0v) is 15.7. The fourth-order valence-corrected chi connectivity index (χ4v) is 4.36. The van der Waals surface area contributed by atoms with E-state index in [1.165, 1.54) is 16.8 Å². The Labute approximate surface area is 150 Å². The van der Waals surface area contributed by atoms with E-state index in [1.54, 1.807) is 7.11 Å². The highest BCUT2D eigenvalue weighted by atomic mass is 16.5. The average Bonchev–Trinajstić information content (AvgIpc) is 2.60. The second-order valence-electron chi connectivity index (χ2n) is 8.09. The first-order chi connectivity index (χ1) is 11.9. The largest absolute Gasteiger partial charge is 0.496 e. The summed E-state index contributed by atoms with van der Waals surface area (Å²) in [5.74, 6) is 2.72. The molecule has 132 valence electrons. The molecule has 1 N–H and O–H groups in total. The monoisotopic (exact) mass is 337 g/mol. The van der Waals surface area contributed by atoms with Crippen molar-refractivity contribution in [1.29, 1.82) is 0 Å². The van der Waals surface area contributed by atoms with Gasteiger partial charge in [-0.1, -0.05) is 45.9 Å². The van der Waals surface area contributed by atoms with Crippen molar-refractivity contribution < 1.29 is 9.47 Å². The topological polar surface area (TPSA) is 30.5 Å². The Morgan fingerprint density at radius 3 is 2.72 bits per heavy atom. The fraction of sp³-hybridized carbons (Fsp3) is 0.455. The van der Waals surface area contributed by atoms with Crippen molar-refractivity contribution in [3.05, 3.63) is 53.1 Å². The van der Waals surface area contributed by atoms with Crippen LogP contribution in [0, 0.1) is 5.92 Å². The van der Waals surface area contributed by atoms with Crippen LogP contribution < -0.4 is 14.8 Å². The van der Waals surface area contributed by atoms with Crippen molar-refractivity contribution in [3.63, 3.8) is 0 Å². The maximum Gasteiger partial charge on any atom is 0.128 e. The zero-order valence-electron chi connectivity index (χ0n) is 15.7. The van der Waals surface area contributed by atoms with Gasteiger partial charge in [0.25, 0.3) is 0 Å². The number of fused-ring (bicyclic) bond motifs is 4. The van der Waals surface area contributed by atoms with E-state index < -0.39 is 0 Å². The minimum atomic E-state index is 0.0225. The normalized spacial score (nSPS) is 23.0. The van der Waals surface area contributed by atoms with Crippen molar-refractivity contribution in [2.45, 2.75) is 45.1 Å². The molecule has 0 saturated carbocycles. The standard InChI is InChI=1S/C22H27NO2/c1-13(2)14-9-10-17-15(11-14)22(3,4)16-12-25-19-8-6-7-18(24-5)20(19)21(16)23-17/h6-11,13,16,21,23H,12H2,1-5H3. The molecular weight excluding hydrogens is 310 g/mol. The van der Waals surface area contributed by atoms with Crippen molar-refractivity contribution in [2.24, 2.45) is 5.92 Å². The molecule has 25 heavy (non-hydrogen) atoms. The molecule has 2 unspecified atom stereocenters. The number of hydrogen-bond donors (Lipinski definition) is 1. The van der Waals surface area contributed by atoms with Crippen LogP contribution in [0.4, 0.5) is 5.69 Å². The molecule has 2 aromatic rings. The number of benzene rings is 2. The van der Waals surface area contributed by atoms with Crippen molar-refractivity contribution in [2.75, 3.05) is 19.0 Å². The van der Waals surface area contributed by atoms with E-state index in [-0.39, 0.29) is 11.5 Å². The molecule has 0 amide bonds. The molecule has 2 aliphatic rings. The van der Waals surface area contributed by atoms with Gasteiger partial charge in [0.1, 0.15) is 11.5 Å². The third kappa shape index (κ3) is 2.40. The Balaban J connectivity index is 1.86. The number of ether oxygens (including phenoxy) is 2. The maximum absolute atomic E-state index is 6.14. The summed E-state index contributed by atoms with van der Waals surface area (Å²) in [4.78, 5) is 0. The highest BCUT2D eigenvalue weighted by molar-refractivity contribution is 5.63. The quantitative estimate of drug-likeness (QED) is 0.809. The molecule has 0 spiro atoms. The van der Waals surface area contributed by atoms with Crippen molar-refractivity contribution in [3.8, 4) is 11.5 Å². The molecule has 2 aliphatic heterocycles. The first-order valence-corrected chi connectivity index (χ1v) is 9.14. The Bertz CT molecular complexity index is 795. The molecule has 4 rings (SSSR count). The number of anilines is 1. The molecule has 2 aromatic carbocycles. The molecule has 3 heteroatoms. The van der Waals surface area contributed by atoms with Gasteiger partial charge < -0.3 is 14.8 Å². The molecule has 0 fully saturated rings. The van der Waals surface area contributed by atoms with Crippen LogP contribution >= 0.6 is 0 Å². The fourth-order valence-electron chi connectivity index (χ4n) is 4.36. The highest BCUT2D eigenvalue weighted by Crippen LogP contribution is 2.54. The SMILES string of the molecule is COc1cccc2c1C1Nc3ccc(C(C)C)cc3C(C)(C)C1CO2. The summed E-state index contributed by atoms with van der Waals surface area (Å²) in [7, 11) is 1.73. The number of hydrogen-bond acceptors (Lipinski definition) is 3. The van der Waals surface area contributed by atoms with Crippen LogP contribution in [-0.4, -0.2) is 13.7 Å². The maximum atomic E-state index is 6.14. The second kappa shape index (κ2) is 5.69. The summed E-state index contributed by atoms with van der Waals surface area (Å²) in [6, 6.07) is 13.1. The highest BCUT2D eigenvalue weighted by Gasteiger charge is 2.47. The smallest absolute Gasteiger partial charge is 0.128 e. The first-order valence-electron chi connectivity index (χ1n) is 9.14. The average molecular weight is 337 g/mol. The minimum absolute atomic E-state index is 0.0225. The van der Waals surface area contributed by atoms with Crippen LogP contribution in [0.25, 0.3) is 0 Å². The summed E-state index contributed by atoms with van der Waals surface area (Å²) in [6.07, 6.45) is 0. The minimum Gasteiger partial charge on any atom is -0.496 e. The molecule has 0 radical (unpaired) electrons. The van der Waals surface area contributed by atoms with Crippen molar-refractivity contribution in [1.82, 2.24) is 0 Å². The molecule has 0 aliphatic carbocycles. The summed E-state index contributed by atoms with van der Waals surface area (Å²) in [5.41, 5.74) is 5.18. The van der Waals surface area contributed by atoms with E-state index in [4.69, 9.17) is 9.47 Å². The molecule has 2 heterocycles. The van der Waals surface area contributed by atoms with E-state index in [0.29, 0.717) is 11.8 Å². The molecular formula is C22H27NO2. The van der Waals surface area contributed by atoms with Gasteiger partial charge in [0.2, 0.25) is 0 Å². The van der Waals surface area contributed by atoms with Gasteiger partial charge in [-0.25, -0.2) is 0 Å². The number of nitrogens with one attached hydrogen (secondary N) is 1. The summed E-state index contributed by atoms with van der Waals surface area (Å²) in [5, 5.41) is 3.79. The molecule has 2 atom stereocenters. The van der Waals surface area contributed by atoms with Crippen LogP contribution in [0.1, 0.15) is 56.3 Å². The van der Waals surface area contributed by atoms with Gasteiger partial charge in [0, 0.05) is 17.0 Å². The lowest BCUT2D eigenvalue weighted by Gasteiger charge is -2.49. The van der Waals surface area contributed by atoms with Crippen LogP contribution in [-0.2, 0) is 5.41 Å². The Hall–Kier alpha value is -2.16. The van der Waals surface area contributed by atoms with E-state index in [1.807, 2.05) is 18.2 Å². The third-order valence-electron chi connectivity index (χ3n) is 6.02. The van der Waals surface area contributed by atoms with Crippen LogP contribution in [0.15, 0.2) is 36.4 Å². The molecule has 3 nitrogen and oxygen atoms in total. The van der Waals surface area contributed by atoms with Gasteiger partial charge in [0.05, 0.1) is 25.3 Å². The summed E-state index contributed by atoms with van der Waals surface area (Å²) >= 11 is 0. The molecule has 0 aromatic heterocycles. The second-order valence-corrected chi connectivity index (χ2v) is 8.09. The molecule has 0 bridgehead atoms. The predicted molar refractivity (Wildman–Crippen MR) is 102 cm³/mol. The van der Waals surface area contributed by atoms with Gasteiger partial charge in [-0.2, -0.15) is 0 Å². The summed E-state index contributed by atoms with van der Waals surface area (Å²) in [6.45, 7) is 9.91. The Kier molecular flexibility index (Phi) is 3.71. The van der Waals surface area contributed by atoms with Gasteiger partial charge >= 0.3 is 0 Å². The number of rotatable bonds is 2. The third-order valence-corrected chi connectivity index (χ3v) is 6.02.